The molecule has 0 amide bonds. The zero-order valence-electron chi connectivity index (χ0n) is 35.7. The van der Waals surface area contributed by atoms with E-state index in [0.29, 0.717) is 16.8 Å². The van der Waals surface area contributed by atoms with Crippen LogP contribution in [0.1, 0.15) is 0 Å². The quantitative estimate of drug-likeness (QED) is 0.174. The molecule has 11 rings (SSSR count). The molecule has 0 spiro atoms. The van der Waals surface area contributed by atoms with E-state index in [1.165, 1.54) is 0 Å². The van der Waals surface area contributed by atoms with E-state index in [4.69, 9.17) is 67.2 Å². The van der Waals surface area contributed by atoms with Crippen molar-refractivity contribution in [1.29, 1.82) is 0 Å². The van der Waals surface area contributed by atoms with Crippen LogP contribution in [0.2, 0.25) is 0 Å². The maximum atomic E-state index is 7.18. The van der Waals surface area contributed by atoms with Crippen LogP contribution in [0.5, 0.6) is 0 Å². The number of nitrogens with zero attached hydrogens (tertiary/aromatic N) is 1. The number of benzene rings is 10. The summed E-state index contributed by atoms with van der Waals surface area (Å²) < 4.78 is 6.52. The van der Waals surface area contributed by atoms with Gasteiger partial charge in [-0.15, -0.1) is 0 Å². The van der Waals surface area contributed by atoms with Gasteiger partial charge in [-0.3, -0.25) is 0 Å². The second-order valence-corrected chi connectivity index (χ2v) is 16.6. The highest BCUT2D eigenvalue weighted by Gasteiger charge is 2.27. The molecule has 0 aliphatic rings. The molecule has 0 unspecified atom stereocenters. The molecular formula is C56H29B8NO. The maximum absolute atomic E-state index is 7.18. The summed E-state index contributed by atoms with van der Waals surface area (Å²) in [7, 11) is 56.9. The van der Waals surface area contributed by atoms with Gasteiger partial charge in [0.2, 0.25) is 0 Å². The topological polar surface area (TPSA) is 16.4 Å². The van der Waals surface area contributed by atoms with Crippen molar-refractivity contribution in [3.8, 4) is 44.5 Å². The predicted molar refractivity (Wildman–Crippen MR) is 288 cm³/mol. The molecule has 0 bridgehead atoms. The maximum Gasteiger partial charge on any atom is 0.143 e. The number of hydrogen-bond donors (Lipinski definition) is 0. The lowest BCUT2D eigenvalue weighted by Gasteiger charge is -2.37. The van der Waals surface area contributed by atoms with Crippen molar-refractivity contribution < 1.29 is 4.42 Å². The lowest BCUT2D eigenvalue weighted by atomic mass is 9.62. The van der Waals surface area contributed by atoms with Gasteiger partial charge in [-0.05, 0) is 84.9 Å². The van der Waals surface area contributed by atoms with Crippen LogP contribution in [0.3, 0.4) is 0 Å². The van der Waals surface area contributed by atoms with Crippen LogP contribution in [-0.4, -0.2) is 62.8 Å². The third-order valence-corrected chi connectivity index (χ3v) is 12.9. The van der Waals surface area contributed by atoms with E-state index < -0.39 is 0 Å². The summed E-state index contributed by atoms with van der Waals surface area (Å²) in [6.07, 6.45) is 0. The van der Waals surface area contributed by atoms with Crippen LogP contribution in [0.4, 0.5) is 17.1 Å². The third-order valence-electron chi connectivity index (χ3n) is 12.9. The molecule has 288 valence electrons. The number of furan rings is 1. The molecule has 0 aliphatic heterocycles. The average Bonchev–Trinajstić information content (AvgIpc) is 3.75. The highest BCUT2D eigenvalue weighted by Crippen LogP contribution is 2.41. The van der Waals surface area contributed by atoms with E-state index in [0.717, 1.165) is 76.9 Å². The van der Waals surface area contributed by atoms with Gasteiger partial charge in [0.05, 0.1) is 0 Å². The van der Waals surface area contributed by atoms with E-state index in [2.05, 4.69) is 42.5 Å². The van der Waals surface area contributed by atoms with Gasteiger partial charge in [0.1, 0.15) is 73.9 Å². The highest BCUT2D eigenvalue weighted by molar-refractivity contribution is 6.65. The van der Waals surface area contributed by atoms with Crippen molar-refractivity contribution in [3.63, 3.8) is 0 Å². The fourth-order valence-electron chi connectivity index (χ4n) is 9.57. The predicted octanol–water partition coefficient (Wildman–Crippen LogP) is 6.38. The molecule has 1 aromatic heterocycles. The summed E-state index contributed by atoms with van der Waals surface area (Å²) >= 11 is 0. The Balaban J connectivity index is 1.11. The Kier molecular flexibility index (Phi) is 10.3. The Labute approximate surface area is 394 Å². The van der Waals surface area contributed by atoms with E-state index in [1.807, 2.05) is 133 Å². The van der Waals surface area contributed by atoms with Crippen LogP contribution in [0, 0.1) is 0 Å². The van der Waals surface area contributed by atoms with Gasteiger partial charge in [-0.1, -0.05) is 195 Å². The smallest absolute Gasteiger partial charge is 0.143 e. The second-order valence-electron chi connectivity index (χ2n) is 16.6. The molecule has 1 heterocycles. The highest BCUT2D eigenvalue weighted by atomic mass is 16.3. The second kappa shape index (κ2) is 16.4. The minimum atomic E-state index is 0.156. The fourth-order valence-corrected chi connectivity index (χ4v) is 9.57. The van der Waals surface area contributed by atoms with E-state index >= 15 is 0 Å². The first kappa shape index (κ1) is 41.5. The molecule has 11 aromatic rings. The molecule has 16 radical (unpaired) electrons. The monoisotopic (exact) mass is 819 g/mol. The Bertz CT molecular complexity index is 3670. The van der Waals surface area contributed by atoms with Crippen molar-refractivity contribution >= 4 is 167 Å². The molecule has 66 heavy (non-hydrogen) atoms. The van der Waals surface area contributed by atoms with Crippen molar-refractivity contribution in [2.45, 2.75) is 0 Å². The first-order chi connectivity index (χ1) is 32.1. The molecule has 10 heteroatoms. The number of rotatable bonds is 7. The average molecular weight is 818 g/mol. The fraction of sp³-hybridized carbons (Fsp3) is 0. The molecule has 0 saturated carbocycles. The zero-order chi connectivity index (χ0) is 45.4. The zero-order valence-corrected chi connectivity index (χ0v) is 35.7. The van der Waals surface area contributed by atoms with Crippen LogP contribution >= 0.6 is 0 Å². The summed E-state index contributed by atoms with van der Waals surface area (Å²) in [5.41, 5.74) is 10.9. The molecule has 2 nitrogen and oxygen atoms in total. The minimum absolute atomic E-state index is 0.156. The Hall–Kier alpha value is -7.16. The van der Waals surface area contributed by atoms with Crippen LogP contribution in [-0.2, 0) is 0 Å². The van der Waals surface area contributed by atoms with Gasteiger partial charge in [-0.2, -0.15) is 0 Å². The van der Waals surface area contributed by atoms with Crippen molar-refractivity contribution in [2.75, 3.05) is 4.90 Å². The summed E-state index contributed by atoms with van der Waals surface area (Å²) in [5.74, 6) is 0. The summed E-state index contributed by atoms with van der Waals surface area (Å²) in [6, 6.07) is 58.4. The van der Waals surface area contributed by atoms with Gasteiger partial charge in [0.15, 0.2) is 0 Å². The first-order valence-electron chi connectivity index (χ1n) is 21.5. The van der Waals surface area contributed by atoms with Gasteiger partial charge in [-0.25, -0.2) is 0 Å². The molecule has 0 saturated heterocycles. The molecule has 0 aliphatic carbocycles. The van der Waals surface area contributed by atoms with E-state index in [9.17, 15) is 0 Å². The van der Waals surface area contributed by atoms with Crippen LogP contribution in [0.15, 0.2) is 180 Å². The first-order valence-corrected chi connectivity index (χ1v) is 21.5. The number of anilines is 3. The standard InChI is InChI=1S/C56H29B8NO/c57-46-43(35-22-20-31(21-23-35)30-10-2-1-3-11-30)47(58)51(62)54(50(46)61)65(55-52(63)48(59)45(49(60)53(55)64)40-18-8-14-32-12-4-6-15-37(32)40)36-27-24-34(25-28-36)38-17-9-19-42-44(38)41-29-26-33-13-5-7-16-39(33)56(41)66-42/h1-29H. The summed E-state index contributed by atoms with van der Waals surface area (Å²) in [4.78, 5) is 1.76. The molecular weight excluding hydrogens is 789 g/mol. The van der Waals surface area contributed by atoms with Gasteiger partial charge in [0, 0.05) is 33.2 Å². The Morgan fingerprint density at radius 2 is 0.803 bits per heavy atom. The number of fused-ring (bicyclic) bond motifs is 6. The van der Waals surface area contributed by atoms with Crippen molar-refractivity contribution in [2.24, 2.45) is 0 Å². The Morgan fingerprint density at radius 3 is 1.45 bits per heavy atom. The lowest BCUT2D eigenvalue weighted by Crippen LogP contribution is -2.50. The molecule has 0 fully saturated rings. The van der Waals surface area contributed by atoms with E-state index in [-0.39, 0.29) is 55.1 Å². The van der Waals surface area contributed by atoms with Crippen LogP contribution < -0.4 is 48.6 Å². The number of hydrogen-bond acceptors (Lipinski definition) is 2. The summed E-state index contributed by atoms with van der Waals surface area (Å²) in [5, 5.41) is 6.12. The minimum Gasteiger partial charge on any atom is -0.455 e. The SMILES string of the molecule is [B]c1c([B])c(N(c2ccc(-c3cccc4oc5c6ccccc6ccc5c34)cc2)c2c([B])c([B])c(-c3cccc4ccccc34)c([B])c2[B])c([B])c([B])c1-c1ccc(-c2ccccc2)cc1. The summed E-state index contributed by atoms with van der Waals surface area (Å²) in [6.45, 7) is 0. The molecule has 0 N–H and O–H groups in total. The van der Waals surface area contributed by atoms with Crippen molar-refractivity contribution in [1.82, 2.24) is 0 Å². The third kappa shape index (κ3) is 6.60. The Morgan fingerprint density at radius 1 is 0.318 bits per heavy atom. The normalized spacial score (nSPS) is 11.5. The van der Waals surface area contributed by atoms with E-state index in [1.54, 1.807) is 4.90 Å². The van der Waals surface area contributed by atoms with Crippen LogP contribution in [0.25, 0.3) is 88.0 Å². The molecule has 0 atom stereocenters. The largest absolute Gasteiger partial charge is 0.455 e. The van der Waals surface area contributed by atoms with Gasteiger partial charge in [0.25, 0.3) is 0 Å². The van der Waals surface area contributed by atoms with Gasteiger partial charge < -0.3 is 9.32 Å². The van der Waals surface area contributed by atoms with Crippen molar-refractivity contribution in [3.05, 3.63) is 176 Å². The lowest BCUT2D eigenvalue weighted by molar-refractivity contribution is 0.673. The molecule has 10 aromatic carbocycles. The van der Waals surface area contributed by atoms with Gasteiger partial charge >= 0.3 is 0 Å².